The molecule has 0 bridgehead atoms. The molecule has 1 heterocycles. The number of para-hydroxylation sites is 1. The Hall–Kier alpha value is -1.64. The zero-order chi connectivity index (χ0) is 9.10. The van der Waals surface area contributed by atoms with Crippen LogP contribution in [0.2, 0.25) is 0 Å². The van der Waals surface area contributed by atoms with E-state index in [4.69, 9.17) is 0 Å². The molecule has 0 fully saturated rings. The molecule has 0 spiro atoms. The van der Waals surface area contributed by atoms with E-state index in [2.05, 4.69) is 16.5 Å². The predicted molar refractivity (Wildman–Crippen MR) is 49.6 cm³/mol. The molecule has 1 aromatic carbocycles. The van der Waals surface area contributed by atoms with Crippen molar-refractivity contribution < 1.29 is 0 Å². The van der Waals surface area contributed by atoms with Gasteiger partial charge in [0.1, 0.15) is 6.20 Å². The highest BCUT2D eigenvalue weighted by Crippen LogP contribution is 2.04. The van der Waals surface area contributed by atoms with Crippen molar-refractivity contribution >= 4 is 0 Å². The molecule has 3 heteroatoms. The van der Waals surface area contributed by atoms with Crippen LogP contribution >= 0.6 is 0 Å². The Morgan fingerprint density at radius 3 is 2.69 bits per heavy atom. The fourth-order valence-electron chi connectivity index (χ4n) is 1.10. The van der Waals surface area contributed by atoms with Crippen molar-refractivity contribution in [3.63, 3.8) is 0 Å². The largest absolute Gasteiger partial charge is 0.211 e. The number of aryl methyl sites for hydroxylation is 1. The number of nitrogens with zero attached hydrogens (tertiary/aromatic N) is 3. The fourth-order valence-corrected chi connectivity index (χ4v) is 1.10. The third-order valence-electron chi connectivity index (χ3n) is 1.83. The van der Waals surface area contributed by atoms with Crippen LogP contribution in [0.25, 0.3) is 5.69 Å². The fraction of sp³-hybridized carbons (Fsp3) is 0.200. The Labute approximate surface area is 77.0 Å². The van der Waals surface area contributed by atoms with Gasteiger partial charge in [0.05, 0.1) is 11.4 Å². The smallest absolute Gasteiger partial charge is 0.118 e. The maximum atomic E-state index is 3.97. The Morgan fingerprint density at radius 1 is 1.31 bits per heavy atom. The lowest BCUT2D eigenvalue weighted by atomic mass is 10.3. The van der Waals surface area contributed by atoms with Gasteiger partial charge in [0.25, 0.3) is 0 Å². The van der Waals surface area contributed by atoms with Crippen molar-refractivity contribution in [2.24, 2.45) is 0 Å². The molecule has 65 valence electrons. The molecule has 0 saturated heterocycles. The molecule has 0 unspecified atom stereocenters. The van der Waals surface area contributed by atoms with Crippen molar-refractivity contribution in [3.05, 3.63) is 42.2 Å². The number of hydrogen-bond donors (Lipinski definition) is 0. The third kappa shape index (κ3) is 1.59. The van der Waals surface area contributed by atoms with E-state index in [0.29, 0.717) is 0 Å². The summed E-state index contributed by atoms with van der Waals surface area (Å²) in [5.74, 6) is 0. The molecule has 1 aromatic heterocycles. The van der Waals surface area contributed by atoms with E-state index < -0.39 is 0 Å². The van der Waals surface area contributed by atoms with Gasteiger partial charge in [-0.05, 0) is 18.6 Å². The molecular weight excluding hydrogens is 162 g/mol. The molecule has 0 aliphatic rings. The summed E-state index contributed by atoms with van der Waals surface area (Å²) in [4.78, 5) is 0. The average molecular weight is 172 g/mol. The zero-order valence-corrected chi connectivity index (χ0v) is 7.44. The third-order valence-corrected chi connectivity index (χ3v) is 1.83. The van der Waals surface area contributed by atoms with Crippen molar-refractivity contribution in [2.45, 2.75) is 13.3 Å². The first kappa shape index (κ1) is 7.98. The average Bonchev–Trinajstić information content (AvgIpc) is 2.67. The van der Waals surface area contributed by atoms with Crippen LogP contribution in [0, 0.1) is 6.20 Å². The van der Waals surface area contributed by atoms with Gasteiger partial charge >= 0.3 is 0 Å². The van der Waals surface area contributed by atoms with E-state index in [9.17, 15) is 0 Å². The Balaban J connectivity index is 2.36. The first-order valence-electron chi connectivity index (χ1n) is 4.29. The molecule has 2 aromatic rings. The van der Waals surface area contributed by atoms with Gasteiger partial charge in [0, 0.05) is 0 Å². The van der Waals surface area contributed by atoms with Gasteiger partial charge in [-0.2, -0.15) is 0 Å². The Kier molecular flexibility index (Phi) is 2.08. The Morgan fingerprint density at radius 2 is 2.08 bits per heavy atom. The summed E-state index contributed by atoms with van der Waals surface area (Å²) in [7, 11) is 0. The quantitative estimate of drug-likeness (QED) is 0.689. The van der Waals surface area contributed by atoms with Crippen molar-refractivity contribution in [1.29, 1.82) is 0 Å². The van der Waals surface area contributed by atoms with Gasteiger partial charge in [-0.3, -0.25) is 0 Å². The summed E-state index contributed by atoms with van der Waals surface area (Å²) in [5, 5.41) is 7.94. The maximum absolute atomic E-state index is 3.97. The molecule has 0 saturated carbocycles. The molecule has 0 aliphatic carbocycles. The zero-order valence-electron chi connectivity index (χ0n) is 7.44. The molecule has 2 rings (SSSR count). The first-order chi connectivity index (χ1) is 6.40. The Bertz CT molecular complexity index is 378. The molecule has 0 aliphatic heterocycles. The van der Waals surface area contributed by atoms with E-state index in [0.717, 1.165) is 17.8 Å². The minimum absolute atomic E-state index is 0.868. The van der Waals surface area contributed by atoms with Crippen molar-refractivity contribution in [1.82, 2.24) is 15.0 Å². The van der Waals surface area contributed by atoms with Crippen LogP contribution in [-0.4, -0.2) is 15.0 Å². The lowest BCUT2D eigenvalue weighted by molar-refractivity contribution is 0.795. The topological polar surface area (TPSA) is 30.7 Å². The van der Waals surface area contributed by atoms with Gasteiger partial charge in [-0.25, -0.2) is 4.68 Å². The van der Waals surface area contributed by atoms with Crippen LogP contribution in [0.4, 0.5) is 0 Å². The molecule has 0 atom stereocenters. The minimum Gasteiger partial charge on any atom is -0.211 e. The predicted octanol–water partition coefficient (Wildman–Crippen LogP) is 1.63. The van der Waals surface area contributed by atoms with Gasteiger partial charge in [-0.15, -0.1) is 5.10 Å². The van der Waals surface area contributed by atoms with Crippen LogP contribution in [0.1, 0.15) is 12.6 Å². The summed E-state index contributed by atoms with van der Waals surface area (Å²) in [6.45, 7) is 2.04. The highest BCUT2D eigenvalue weighted by atomic mass is 15.4. The number of benzene rings is 1. The molecule has 13 heavy (non-hydrogen) atoms. The van der Waals surface area contributed by atoms with Gasteiger partial charge in [-0.1, -0.05) is 30.3 Å². The van der Waals surface area contributed by atoms with Crippen molar-refractivity contribution in [3.8, 4) is 5.69 Å². The molecule has 0 amide bonds. The second-order valence-corrected chi connectivity index (χ2v) is 2.75. The molecule has 0 N–H and O–H groups in total. The summed E-state index contributed by atoms with van der Waals surface area (Å²) in [6, 6.07) is 9.86. The standard InChI is InChI=1S/C10H10N3/c1-2-9-8-13(12-11-9)10-6-4-3-5-7-10/h3-7H,2H2,1H3. The number of aromatic nitrogens is 3. The monoisotopic (exact) mass is 172 g/mol. The van der Waals surface area contributed by atoms with E-state index >= 15 is 0 Å². The van der Waals surface area contributed by atoms with Gasteiger partial charge in [0.2, 0.25) is 0 Å². The number of rotatable bonds is 2. The van der Waals surface area contributed by atoms with Gasteiger partial charge in [0.15, 0.2) is 0 Å². The lowest BCUT2D eigenvalue weighted by Gasteiger charge is -1.95. The minimum atomic E-state index is 0.868. The van der Waals surface area contributed by atoms with Crippen LogP contribution in [-0.2, 0) is 6.42 Å². The van der Waals surface area contributed by atoms with Crippen LogP contribution < -0.4 is 0 Å². The summed E-state index contributed by atoms with van der Waals surface area (Å²) in [5.41, 5.74) is 1.89. The second-order valence-electron chi connectivity index (χ2n) is 2.75. The van der Waals surface area contributed by atoms with Crippen molar-refractivity contribution in [2.75, 3.05) is 0 Å². The van der Waals surface area contributed by atoms with Crippen LogP contribution in [0.3, 0.4) is 0 Å². The van der Waals surface area contributed by atoms with E-state index in [-0.39, 0.29) is 0 Å². The second kappa shape index (κ2) is 3.39. The molecule has 3 nitrogen and oxygen atoms in total. The SMILES string of the molecule is CCc1[c]n(-c2ccccc2)nn1. The highest BCUT2D eigenvalue weighted by molar-refractivity contribution is 5.29. The van der Waals surface area contributed by atoms with Crippen LogP contribution in [0.15, 0.2) is 30.3 Å². The van der Waals surface area contributed by atoms with E-state index in [1.807, 2.05) is 37.3 Å². The summed E-state index contributed by atoms with van der Waals surface area (Å²) in [6.07, 6.45) is 3.94. The lowest BCUT2D eigenvalue weighted by Crippen LogP contribution is -1.93. The highest BCUT2D eigenvalue weighted by Gasteiger charge is 1.99. The summed E-state index contributed by atoms with van der Waals surface area (Å²) >= 11 is 0. The molecular formula is C10H10N3. The normalized spacial score (nSPS) is 10.2. The molecule has 1 radical (unpaired) electrons. The number of hydrogen-bond acceptors (Lipinski definition) is 2. The first-order valence-corrected chi connectivity index (χ1v) is 4.29. The van der Waals surface area contributed by atoms with Crippen LogP contribution in [0.5, 0.6) is 0 Å². The van der Waals surface area contributed by atoms with E-state index in [1.54, 1.807) is 4.68 Å². The summed E-state index contributed by atoms with van der Waals surface area (Å²) < 4.78 is 1.67. The maximum Gasteiger partial charge on any atom is 0.118 e. The van der Waals surface area contributed by atoms with Gasteiger partial charge < -0.3 is 0 Å². The van der Waals surface area contributed by atoms with E-state index in [1.165, 1.54) is 0 Å².